The summed E-state index contributed by atoms with van der Waals surface area (Å²) in [7, 11) is -1.83. The van der Waals surface area contributed by atoms with Crippen LogP contribution in [0.3, 0.4) is 0 Å². The van der Waals surface area contributed by atoms with Gasteiger partial charge in [0.05, 0.1) is 19.4 Å². The van der Waals surface area contributed by atoms with Gasteiger partial charge in [-0.2, -0.15) is 0 Å². The Bertz CT molecular complexity index is 2940. The Hall–Kier alpha value is -7.02. The van der Waals surface area contributed by atoms with E-state index in [2.05, 4.69) is 225 Å². The molecular formula is C55H45BN2O2Si. The number of para-hydroxylation sites is 2. The second kappa shape index (κ2) is 14.3. The predicted molar refractivity (Wildman–Crippen MR) is 261 cm³/mol. The lowest BCUT2D eigenvalue weighted by atomic mass is 9.33. The highest BCUT2D eigenvalue weighted by Gasteiger charge is 2.44. The van der Waals surface area contributed by atoms with Crippen molar-refractivity contribution in [3.63, 3.8) is 0 Å². The minimum absolute atomic E-state index is 0.153. The Morgan fingerprint density at radius 1 is 0.377 bits per heavy atom. The van der Waals surface area contributed by atoms with Crippen LogP contribution in [0, 0.1) is 13.8 Å². The molecule has 4 nitrogen and oxygen atoms in total. The van der Waals surface area contributed by atoms with Crippen molar-refractivity contribution in [1.82, 2.24) is 0 Å². The molecule has 0 spiro atoms. The first-order valence-corrected chi connectivity index (χ1v) is 24.7. The molecule has 0 fully saturated rings. The summed E-state index contributed by atoms with van der Waals surface area (Å²) in [5.41, 5.74) is 12.3. The lowest BCUT2D eigenvalue weighted by Gasteiger charge is -2.37. The van der Waals surface area contributed by atoms with Crippen LogP contribution >= 0.6 is 0 Å². The fourth-order valence-electron chi connectivity index (χ4n) is 9.40. The molecule has 61 heavy (non-hydrogen) atoms. The monoisotopic (exact) mass is 804 g/mol. The van der Waals surface area contributed by atoms with Gasteiger partial charge >= 0.3 is 0 Å². The summed E-state index contributed by atoms with van der Waals surface area (Å²) in [6.07, 6.45) is 0. The number of nitrogens with zero attached hydrogens (tertiary/aromatic N) is 2. The highest BCUT2D eigenvalue weighted by molar-refractivity contribution is 7.01. The molecule has 6 heteroatoms. The van der Waals surface area contributed by atoms with Gasteiger partial charge in [0, 0.05) is 51.1 Å². The second-order valence-electron chi connectivity index (χ2n) is 17.5. The fourth-order valence-corrected chi connectivity index (χ4v) is 10.5. The van der Waals surface area contributed by atoms with Crippen molar-refractivity contribution in [2.75, 3.05) is 9.80 Å². The topological polar surface area (TPSA) is 24.9 Å². The van der Waals surface area contributed by atoms with Gasteiger partial charge in [0.2, 0.25) is 0 Å². The van der Waals surface area contributed by atoms with Gasteiger partial charge < -0.3 is 19.3 Å². The van der Waals surface area contributed by atoms with Crippen molar-refractivity contribution in [3.05, 3.63) is 193 Å². The number of fused-ring (bicyclic) bond motifs is 8. The number of ether oxygens (including phenoxy) is 2. The van der Waals surface area contributed by atoms with E-state index in [1.807, 2.05) is 0 Å². The van der Waals surface area contributed by atoms with Crippen LogP contribution in [0.2, 0.25) is 19.6 Å². The maximum absolute atomic E-state index is 7.27. The van der Waals surface area contributed by atoms with Crippen molar-refractivity contribution in [2.45, 2.75) is 33.5 Å². The summed E-state index contributed by atoms with van der Waals surface area (Å²) < 4.78 is 14.5. The van der Waals surface area contributed by atoms with Crippen molar-refractivity contribution >= 4 is 92.0 Å². The molecule has 11 rings (SSSR count). The third-order valence-corrected chi connectivity index (χ3v) is 14.4. The zero-order valence-corrected chi connectivity index (χ0v) is 36.1. The van der Waals surface area contributed by atoms with Gasteiger partial charge in [-0.15, -0.1) is 0 Å². The van der Waals surface area contributed by atoms with E-state index in [0.717, 1.165) is 95.1 Å². The number of anilines is 6. The Balaban J connectivity index is 1.21. The average molecular weight is 805 g/mol. The third-order valence-electron chi connectivity index (χ3n) is 12.4. The molecule has 0 saturated heterocycles. The molecule has 0 radical (unpaired) electrons. The zero-order valence-electron chi connectivity index (χ0n) is 35.1. The van der Waals surface area contributed by atoms with Crippen LogP contribution < -0.4 is 40.8 Å². The van der Waals surface area contributed by atoms with E-state index < -0.39 is 8.07 Å². The van der Waals surface area contributed by atoms with E-state index >= 15 is 0 Å². The number of aryl methyl sites for hydroxylation is 2. The van der Waals surface area contributed by atoms with Crippen molar-refractivity contribution < 1.29 is 9.47 Å². The maximum atomic E-state index is 7.27. The van der Waals surface area contributed by atoms with Crippen LogP contribution in [-0.4, -0.2) is 14.8 Å². The van der Waals surface area contributed by atoms with Crippen molar-refractivity contribution in [1.29, 1.82) is 0 Å². The smallest absolute Gasteiger partial charge is 0.262 e. The molecule has 0 aromatic heterocycles. The van der Waals surface area contributed by atoms with E-state index in [1.54, 1.807) is 0 Å². The number of benzene rings is 9. The van der Waals surface area contributed by atoms with Crippen LogP contribution in [0.15, 0.2) is 182 Å². The van der Waals surface area contributed by atoms with Crippen LogP contribution in [0.25, 0.3) is 21.5 Å². The van der Waals surface area contributed by atoms with E-state index in [-0.39, 0.29) is 6.71 Å². The highest BCUT2D eigenvalue weighted by atomic mass is 28.3. The molecule has 0 saturated carbocycles. The number of hydrogen-bond acceptors (Lipinski definition) is 4. The van der Waals surface area contributed by atoms with E-state index in [4.69, 9.17) is 9.47 Å². The molecule has 0 unspecified atom stereocenters. The van der Waals surface area contributed by atoms with Crippen LogP contribution in [0.1, 0.15) is 11.1 Å². The molecule has 0 N–H and O–H groups in total. The summed E-state index contributed by atoms with van der Waals surface area (Å²) >= 11 is 0. The molecule has 0 aliphatic carbocycles. The molecule has 9 aromatic rings. The van der Waals surface area contributed by atoms with E-state index in [0.29, 0.717) is 0 Å². The largest absolute Gasteiger partial charge is 0.458 e. The van der Waals surface area contributed by atoms with E-state index in [1.165, 1.54) is 16.3 Å². The van der Waals surface area contributed by atoms with Crippen LogP contribution in [-0.2, 0) is 0 Å². The second-order valence-corrected chi connectivity index (χ2v) is 22.6. The number of rotatable bonds is 7. The summed E-state index contributed by atoms with van der Waals surface area (Å²) in [5.74, 6) is 3.48. The lowest BCUT2D eigenvalue weighted by molar-refractivity contribution is 0.466. The Kier molecular flexibility index (Phi) is 8.69. The third kappa shape index (κ3) is 6.20. The Labute approximate surface area is 359 Å². The summed E-state index contributed by atoms with van der Waals surface area (Å²) in [5, 5.41) is 5.92. The highest BCUT2D eigenvalue weighted by Crippen LogP contribution is 2.47. The molecule has 294 valence electrons. The first kappa shape index (κ1) is 37.0. The van der Waals surface area contributed by atoms with Crippen molar-refractivity contribution in [3.8, 4) is 23.0 Å². The lowest BCUT2D eigenvalue weighted by Crippen LogP contribution is -2.58. The average Bonchev–Trinajstić information content (AvgIpc) is 3.28. The molecule has 2 aliphatic rings. The SMILES string of the molecule is Cc1ccc(N(c2ccccc2)c2cc3c(c4ccccc24)B2c4c(cc([Si](C)(C)C)cc4Oc4cc(N(c5ccccc5)c5ccc(C)cc5)c5ccccc5c42)O3)cc1. The minimum atomic E-state index is -1.83. The van der Waals surface area contributed by atoms with Gasteiger partial charge in [-0.25, -0.2) is 0 Å². The molecule has 0 atom stereocenters. The zero-order chi connectivity index (χ0) is 41.4. The first-order valence-electron chi connectivity index (χ1n) is 21.2. The van der Waals surface area contributed by atoms with E-state index in [9.17, 15) is 0 Å². The van der Waals surface area contributed by atoms with Gasteiger partial charge in [-0.3, -0.25) is 0 Å². The predicted octanol–water partition coefficient (Wildman–Crippen LogP) is 12.8. The molecule has 9 aromatic carbocycles. The summed E-state index contributed by atoms with van der Waals surface area (Å²) in [6, 6.07) is 65.9. The standard InChI is InChI=1S/C55H45BN2O2Si/c1-36-24-28-40(29-25-36)57(38-16-8-6-9-17-38)47-34-51-53(45-22-14-12-20-43(45)47)56-54-46-23-15-13-21-44(46)48(58(39-18-10-7-11-19-39)41-30-26-37(2)27-31-41)35-52(54)60-50-33-42(61(3,4)5)32-49(59-51)55(50)56/h6-35H,1-5H3. The molecule has 2 aliphatic heterocycles. The van der Waals surface area contributed by atoms with Gasteiger partial charge in [0.25, 0.3) is 6.71 Å². The molecule has 0 bridgehead atoms. The Morgan fingerprint density at radius 2 is 0.721 bits per heavy atom. The van der Waals surface area contributed by atoms with Gasteiger partial charge in [0.1, 0.15) is 23.0 Å². The summed E-state index contributed by atoms with van der Waals surface area (Å²) in [4.78, 5) is 4.74. The first-order chi connectivity index (χ1) is 29.7. The molecule has 2 heterocycles. The van der Waals surface area contributed by atoms with Crippen molar-refractivity contribution in [2.24, 2.45) is 0 Å². The quantitative estimate of drug-likeness (QED) is 0.150. The summed E-state index contributed by atoms with van der Waals surface area (Å²) in [6.45, 7) is 11.3. The molecular weight excluding hydrogens is 760 g/mol. The normalized spacial score (nSPS) is 12.6. The maximum Gasteiger partial charge on any atom is 0.262 e. The van der Waals surface area contributed by atoms with Gasteiger partial charge in [0.15, 0.2) is 0 Å². The minimum Gasteiger partial charge on any atom is -0.458 e. The fraction of sp³-hybridized carbons (Fsp3) is 0.0909. The number of hydrogen-bond donors (Lipinski definition) is 0. The van der Waals surface area contributed by atoms with Crippen LogP contribution in [0.5, 0.6) is 23.0 Å². The Morgan fingerprint density at radius 3 is 1.11 bits per heavy atom. The molecule has 0 amide bonds. The van der Waals surface area contributed by atoms with Crippen LogP contribution in [0.4, 0.5) is 34.1 Å². The van der Waals surface area contributed by atoms with Gasteiger partial charge in [-0.1, -0.05) is 145 Å². The van der Waals surface area contributed by atoms with Gasteiger partial charge in [-0.05, 0) is 96.2 Å².